The molecule has 0 aliphatic carbocycles. The summed E-state index contributed by atoms with van der Waals surface area (Å²) in [6.45, 7) is 12.7. The lowest BCUT2D eigenvalue weighted by Gasteiger charge is -2.44. The van der Waals surface area contributed by atoms with Crippen molar-refractivity contribution in [1.82, 2.24) is 15.1 Å². The molecule has 5 heteroatoms. The fraction of sp³-hybridized carbons (Fsp3) is 0.579. The van der Waals surface area contributed by atoms with E-state index in [1.54, 1.807) is 0 Å². The first-order valence-electron chi connectivity index (χ1n) is 8.50. The molecule has 2 aromatic rings. The Balaban J connectivity index is 1.75. The van der Waals surface area contributed by atoms with Crippen LogP contribution in [0.25, 0.3) is 0 Å². The molecule has 1 aromatic heterocycles. The van der Waals surface area contributed by atoms with Gasteiger partial charge in [-0.05, 0) is 19.4 Å². The second kappa shape index (κ2) is 6.30. The molecule has 1 saturated heterocycles. The molecule has 0 bridgehead atoms. The molecule has 0 unspecified atom stereocenters. The summed E-state index contributed by atoms with van der Waals surface area (Å²) in [5, 5.41) is 8.44. The summed E-state index contributed by atoms with van der Waals surface area (Å²) in [6, 6.07) is 10.4. The molecule has 130 valence electrons. The van der Waals surface area contributed by atoms with Crippen LogP contribution in [0.3, 0.4) is 0 Å². The van der Waals surface area contributed by atoms with Crippen molar-refractivity contribution >= 4 is 0 Å². The van der Waals surface area contributed by atoms with Crippen molar-refractivity contribution in [2.24, 2.45) is 0 Å². The van der Waals surface area contributed by atoms with Gasteiger partial charge in [0.05, 0.1) is 19.3 Å². The number of rotatable bonds is 3. The van der Waals surface area contributed by atoms with E-state index < -0.39 is 0 Å². The molecule has 1 fully saturated rings. The van der Waals surface area contributed by atoms with Gasteiger partial charge in [0.1, 0.15) is 0 Å². The minimum atomic E-state index is -0.127. The standard InChI is InChI=1S/C19H27N3O2/c1-18(2,3)17-21-20-16(24-17)12-22-11-15(23-13-19(22,4)5)14-9-7-6-8-10-14/h6-10,15H,11-13H2,1-5H3/t15-/m0/s1. The van der Waals surface area contributed by atoms with E-state index in [0.29, 0.717) is 24.9 Å². The van der Waals surface area contributed by atoms with Crippen molar-refractivity contribution in [1.29, 1.82) is 0 Å². The second-order valence-corrected chi connectivity index (χ2v) is 8.15. The lowest BCUT2D eigenvalue weighted by Crippen LogP contribution is -2.53. The van der Waals surface area contributed by atoms with E-state index in [2.05, 4.69) is 74.0 Å². The number of hydrogen-bond donors (Lipinski definition) is 0. The van der Waals surface area contributed by atoms with Gasteiger partial charge in [-0.2, -0.15) is 0 Å². The van der Waals surface area contributed by atoms with Crippen molar-refractivity contribution in [2.75, 3.05) is 13.2 Å². The van der Waals surface area contributed by atoms with Crippen molar-refractivity contribution < 1.29 is 9.15 Å². The molecule has 24 heavy (non-hydrogen) atoms. The van der Waals surface area contributed by atoms with Crippen LogP contribution >= 0.6 is 0 Å². The summed E-state index contributed by atoms with van der Waals surface area (Å²) in [6.07, 6.45) is 0.0734. The zero-order chi connectivity index (χ0) is 17.4. The first kappa shape index (κ1) is 17.1. The third-order valence-electron chi connectivity index (χ3n) is 4.49. The van der Waals surface area contributed by atoms with Crippen LogP contribution in [-0.2, 0) is 16.7 Å². The number of ether oxygens (including phenoxy) is 1. The zero-order valence-corrected chi connectivity index (χ0v) is 15.2. The molecular formula is C19H27N3O2. The summed E-state index contributed by atoms with van der Waals surface area (Å²) in [4.78, 5) is 2.37. The topological polar surface area (TPSA) is 51.4 Å². The van der Waals surface area contributed by atoms with Crippen LogP contribution in [-0.4, -0.2) is 33.8 Å². The Morgan fingerprint density at radius 2 is 1.88 bits per heavy atom. The van der Waals surface area contributed by atoms with E-state index in [0.717, 1.165) is 6.54 Å². The fourth-order valence-electron chi connectivity index (χ4n) is 2.83. The maximum atomic E-state index is 6.10. The van der Waals surface area contributed by atoms with Crippen molar-refractivity contribution in [3.05, 3.63) is 47.7 Å². The molecule has 1 aliphatic rings. The molecule has 0 saturated carbocycles. The highest BCUT2D eigenvalue weighted by molar-refractivity contribution is 5.19. The van der Waals surface area contributed by atoms with Gasteiger partial charge < -0.3 is 9.15 Å². The fourth-order valence-corrected chi connectivity index (χ4v) is 2.83. The van der Waals surface area contributed by atoms with Gasteiger partial charge in [-0.3, -0.25) is 4.90 Å². The summed E-state index contributed by atoms with van der Waals surface area (Å²) < 4.78 is 12.0. The molecule has 0 amide bonds. The number of aromatic nitrogens is 2. The molecule has 1 atom stereocenters. The third kappa shape index (κ3) is 3.68. The van der Waals surface area contributed by atoms with E-state index in [1.807, 2.05) is 6.07 Å². The normalized spacial score (nSPS) is 21.8. The van der Waals surface area contributed by atoms with Gasteiger partial charge in [0.25, 0.3) is 0 Å². The Hall–Kier alpha value is -1.72. The highest BCUT2D eigenvalue weighted by atomic mass is 16.5. The van der Waals surface area contributed by atoms with E-state index in [9.17, 15) is 0 Å². The Kier molecular flexibility index (Phi) is 4.49. The van der Waals surface area contributed by atoms with Gasteiger partial charge >= 0.3 is 0 Å². The van der Waals surface area contributed by atoms with E-state index in [4.69, 9.17) is 9.15 Å². The first-order valence-corrected chi connectivity index (χ1v) is 8.50. The SMILES string of the molecule is CC(C)(C)c1nnc(CN2C[C@@H](c3ccccc3)OCC2(C)C)o1. The Bertz CT molecular complexity index is 673. The zero-order valence-electron chi connectivity index (χ0n) is 15.2. The van der Waals surface area contributed by atoms with E-state index >= 15 is 0 Å². The number of hydrogen-bond acceptors (Lipinski definition) is 5. The Morgan fingerprint density at radius 3 is 2.50 bits per heavy atom. The number of morpholine rings is 1. The predicted octanol–water partition coefficient (Wildman–Crippen LogP) is 3.72. The smallest absolute Gasteiger partial charge is 0.230 e. The van der Waals surface area contributed by atoms with Gasteiger partial charge in [0.15, 0.2) is 0 Å². The van der Waals surface area contributed by atoms with Gasteiger partial charge in [0, 0.05) is 17.5 Å². The highest BCUT2D eigenvalue weighted by Crippen LogP contribution is 2.31. The van der Waals surface area contributed by atoms with Crippen molar-refractivity contribution in [3.8, 4) is 0 Å². The number of nitrogens with zero attached hydrogens (tertiary/aromatic N) is 3. The first-order chi connectivity index (χ1) is 11.3. The molecule has 3 rings (SSSR count). The van der Waals surface area contributed by atoms with Crippen LogP contribution in [0, 0.1) is 0 Å². The van der Waals surface area contributed by atoms with Gasteiger partial charge in [-0.15, -0.1) is 10.2 Å². The molecule has 0 spiro atoms. The Morgan fingerprint density at radius 1 is 1.17 bits per heavy atom. The lowest BCUT2D eigenvalue weighted by molar-refractivity contribution is -0.106. The maximum absolute atomic E-state index is 6.10. The van der Waals surface area contributed by atoms with Crippen LogP contribution in [0.2, 0.25) is 0 Å². The molecule has 0 N–H and O–H groups in total. The largest absolute Gasteiger partial charge is 0.423 e. The molecular weight excluding hydrogens is 302 g/mol. The molecule has 2 heterocycles. The molecule has 0 radical (unpaired) electrons. The van der Waals surface area contributed by atoms with E-state index in [1.165, 1.54) is 5.56 Å². The van der Waals surface area contributed by atoms with Crippen LogP contribution in [0.5, 0.6) is 0 Å². The van der Waals surface area contributed by atoms with Gasteiger partial charge in [-0.25, -0.2) is 0 Å². The van der Waals surface area contributed by atoms with Gasteiger partial charge in [0.2, 0.25) is 11.8 Å². The monoisotopic (exact) mass is 329 g/mol. The van der Waals surface area contributed by atoms with Crippen LogP contribution < -0.4 is 0 Å². The summed E-state index contributed by atoms with van der Waals surface area (Å²) in [5.41, 5.74) is 1.01. The molecule has 5 nitrogen and oxygen atoms in total. The van der Waals surface area contributed by atoms with Crippen molar-refractivity contribution in [2.45, 2.75) is 58.2 Å². The summed E-state index contributed by atoms with van der Waals surface area (Å²) in [5.74, 6) is 1.35. The van der Waals surface area contributed by atoms with Crippen LogP contribution in [0.4, 0.5) is 0 Å². The van der Waals surface area contributed by atoms with Crippen LogP contribution in [0.1, 0.15) is 58.1 Å². The van der Waals surface area contributed by atoms with Gasteiger partial charge in [-0.1, -0.05) is 51.1 Å². The average molecular weight is 329 g/mol. The second-order valence-electron chi connectivity index (χ2n) is 8.15. The summed E-state index contributed by atoms with van der Waals surface area (Å²) in [7, 11) is 0. The molecule has 1 aromatic carbocycles. The maximum Gasteiger partial charge on any atom is 0.230 e. The Labute approximate surface area is 144 Å². The number of benzene rings is 1. The van der Waals surface area contributed by atoms with E-state index in [-0.39, 0.29) is 17.1 Å². The minimum Gasteiger partial charge on any atom is -0.423 e. The predicted molar refractivity (Wildman–Crippen MR) is 92.6 cm³/mol. The summed E-state index contributed by atoms with van der Waals surface area (Å²) >= 11 is 0. The highest BCUT2D eigenvalue weighted by Gasteiger charge is 2.36. The molecule has 1 aliphatic heterocycles. The lowest BCUT2D eigenvalue weighted by atomic mass is 9.97. The minimum absolute atomic E-state index is 0.0678. The average Bonchev–Trinajstić information content (AvgIpc) is 2.99. The van der Waals surface area contributed by atoms with Crippen LogP contribution in [0.15, 0.2) is 34.7 Å². The third-order valence-corrected chi connectivity index (χ3v) is 4.49. The quantitative estimate of drug-likeness (QED) is 0.859. The van der Waals surface area contributed by atoms with Crippen molar-refractivity contribution in [3.63, 3.8) is 0 Å².